The lowest BCUT2D eigenvalue weighted by molar-refractivity contribution is 0.0812. The Balaban J connectivity index is 2.20. The molecule has 110 valence electrons. The van der Waals surface area contributed by atoms with Crippen molar-refractivity contribution in [3.05, 3.63) is 35.1 Å². The minimum Gasteiger partial charge on any atom is -0.345 e. The Morgan fingerprint density at radius 1 is 1.45 bits per heavy atom. The molecule has 0 bridgehead atoms. The second-order valence-electron chi connectivity index (χ2n) is 5.98. The average molecular weight is 278 g/mol. The Kier molecular flexibility index (Phi) is 4.43. The van der Waals surface area contributed by atoms with Crippen LogP contribution in [0.5, 0.6) is 0 Å². The van der Waals surface area contributed by atoms with Gasteiger partial charge in [-0.15, -0.1) is 0 Å². The van der Waals surface area contributed by atoms with E-state index in [2.05, 4.69) is 12.2 Å². The van der Waals surface area contributed by atoms with Crippen LogP contribution >= 0.6 is 0 Å². The van der Waals surface area contributed by atoms with E-state index in [1.807, 2.05) is 0 Å². The highest BCUT2D eigenvalue weighted by atomic mass is 19.1. The summed E-state index contributed by atoms with van der Waals surface area (Å²) >= 11 is 0. The molecule has 1 fully saturated rings. The molecule has 1 aliphatic carbocycles. The minimum absolute atomic E-state index is 0.230. The summed E-state index contributed by atoms with van der Waals surface area (Å²) in [5.41, 5.74) is 6.69. The highest BCUT2D eigenvalue weighted by molar-refractivity contribution is 5.95. The van der Waals surface area contributed by atoms with Gasteiger partial charge in [-0.05, 0) is 49.4 Å². The van der Waals surface area contributed by atoms with E-state index in [9.17, 15) is 9.18 Å². The topological polar surface area (TPSA) is 55.1 Å². The molecule has 2 atom stereocenters. The Bertz CT molecular complexity index is 483. The Morgan fingerprint density at radius 3 is 2.80 bits per heavy atom. The van der Waals surface area contributed by atoms with Crippen molar-refractivity contribution in [2.24, 2.45) is 11.7 Å². The highest BCUT2D eigenvalue weighted by Gasteiger charge is 2.38. The van der Waals surface area contributed by atoms with Gasteiger partial charge in [-0.25, -0.2) is 4.39 Å². The number of amides is 1. The van der Waals surface area contributed by atoms with E-state index in [0.717, 1.165) is 24.8 Å². The molecule has 0 aromatic heterocycles. The Labute approximate surface area is 119 Å². The van der Waals surface area contributed by atoms with Gasteiger partial charge in [0.15, 0.2) is 0 Å². The molecule has 20 heavy (non-hydrogen) atoms. The summed E-state index contributed by atoms with van der Waals surface area (Å²) < 4.78 is 13.4. The van der Waals surface area contributed by atoms with Gasteiger partial charge in [0, 0.05) is 12.1 Å². The van der Waals surface area contributed by atoms with Crippen molar-refractivity contribution in [2.75, 3.05) is 6.54 Å². The third-order valence-corrected chi connectivity index (χ3v) is 4.48. The monoisotopic (exact) mass is 278 g/mol. The predicted molar refractivity (Wildman–Crippen MR) is 78.0 cm³/mol. The molecule has 1 aromatic rings. The van der Waals surface area contributed by atoms with E-state index in [0.29, 0.717) is 18.0 Å². The fraction of sp³-hybridized carbons (Fsp3) is 0.562. The van der Waals surface area contributed by atoms with E-state index in [4.69, 9.17) is 5.73 Å². The molecule has 4 heteroatoms. The minimum atomic E-state index is -0.381. The number of carbonyl (C=O) groups excluding carboxylic acids is 1. The van der Waals surface area contributed by atoms with Crippen LogP contribution in [0.15, 0.2) is 18.2 Å². The normalized spacial score (nSPS) is 26.3. The highest BCUT2D eigenvalue weighted by Crippen LogP contribution is 2.33. The first-order valence-electron chi connectivity index (χ1n) is 7.26. The number of hydrogen-bond donors (Lipinski definition) is 2. The second-order valence-corrected chi connectivity index (χ2v) is 5.98. The number of hydrogen-bond acceptors (Lipinski definition) is 2. The maximum atomic E-state index is 13.4. The Morgan fingerprint density at radius 2 is 2.20 bits per heavy atom. The number of carbonyl (C=O) groups is 1. The zero-order chi connectivity index (χ0) is 14.8. The number of rotatable bonds is 3. The summed E-state index contributed by atoms with van der Waals surface area (Å²) in [6, 6.07) is 4.40. The third kappa shape index (κ3) is 3.01. The van der Waals surface area contributed by atoms with Crippen LogP contribution in [0, 0.1) is 18.7 Å². The van der Waals surface area contributed by atoms with Crippen molar-refractivity contribution < 1.29 is 9.18 Å². The molecule has 2 unspecified atom stereocenters. The van der Waals surface area contributed by atoms with Crippen LogP contribution in [-0.4, -0.2) is 18.0 Å². The van der Waals surface area contributed by atoms with Gasteiger partial charge in [0.2, 0.25) is 0 Å². The van der Waals surface area contributed by atoms with E-state index >= 15 is 0 Å². The van der Waals surface area contributed by atoms with E-state index in [1.165, 1.54) is 18.6 Å². The van der Waals surface area contributed by atoms with Crippen LogP contribution in [0.2, 0.25) is 0 Å². The molecule has 0 saturated heterocycles. The van der Waals surface area contributed by atoms with Crippen molar-refractivity contribution in [2.45, 2.75) is 45.1 Å². The molecule has 3 N–H and O–H groups in total. The second kappa shape index (κ2) is 5.92. The summed E-state index contributed by atoms with van der Waals surface area (Å²) in [4.78, 5) is 12.4. The predicted octanol–water partition coefficient (Wildman–Crippen LogP) is 2.77. The summed E-state index contributed by atoms with van der Waals surface area (Å²) in [6.45, 7) is 4.33. The first kappa shape index (κ1) is 15.0. The van der Waals surface area contributed by atoms with Crippen LogP contribution in [-0.2, 0) is 0 Å². The molecule has 3 nitrogen and oxygen atoms in total. The lowest BCUT2D eigenvalue weighted by Crippen LogP contribution is -2.59. The SMILES string of the molecule is Cc1cc(F)cc(C(=O)NC2(CN)CCCCC2C)c1. The Hall–Kier alpha value is -1.42. The van der Waals surface area contributed by atoms with Crippen molar-refractivity contribution >= 4 is 5.91 Å². The van der Waals surface area contributed by atoms with Crippen molar-refractivity contribution in [1.29, 1.82) is 0 Å². The lowest BCUT2D eigenvalue weighted by Gasteiger charge is -2.42. The van der Waals surface area contributed by atoms with Gasteiger partial charge in [-0.2, -0.15) is 0 Å². The van der Waals surface area contributed by atoms with Crippen LogP contribution in [0.4, 0.5) is 4.39 Å². The maximum Gasteiger partial charge on any atom is 0.251 e. The zero-order valence-corrected chi connectivity index (χ0v) is 12.2. The van der Waals surface area contributed by atoms with Gasteiger partial charge in [-0.1, -0.05) is 19.8 Å². The van der Waals surface area contributed by atoms with Crippen molar-refractivity contribution in [1.82, 2.24) is 5.32 Å². The number of aryl methyl sites for hydroxylation is 1. The van der Waals surface area contributed by atoms with Crippen molar-refractivity contribution in [3.63, 3.8) is 0 Å². The first-order chi connectivity index (χ1) is 9.47. The molecule has 1 saturated carbocycles. The molecule has 0 spiro atoms. The number of benzene rings is 1. The largest absolute Gasteiger partial charge is 0.345 e. The average Bonchev–Trinajstić information content (AvgIpc) is 2.40. The molecular weight excluding hydrogens is 255 g/mol. The van der Waals surface area contributed by atoms with Crippen LogP contribution in [0.1, 0.15) is 48.5 Å². The smallest absolute Gasteiger partial charge is 0.251 e. The number of nitrogens with two attached hydrogens (primary N) is 1. The van der Waals surface area contributed by atoms with Crippen molar-refractivity contribution in [3.8, 4) is 0 Å². The van der Waals surface area contributed by atoms with Crippen LogP contribution < -0.4 is 11.1 Å². The molecule has 0 radical (unpaired) electrons. The molecule has 1 amide bonds. The third-order valence-electron chi connectivity index (χ3n) is 4.48. The van der Waals surface area contributed by atoms with Gasteiger partial charge < -0.3 is 11.1 Å². The standard InChI is InChI=1S/C16H23FN2O/c1-11-7-13(9-14(17)8-11)15(20)19-16(10-18)6-4-3-5-12(16)2/h7-9,12H,3-6,10,18H2,1-2H3,(H,19,20). The molecule has 1 aliphatic rings. The summed E-state index contributed by atoms with van der Waals surface area (Å²) in [6.07, 6.45) is 4.21. The summed E-state index contributed by atoms with van der Waals surface area (Å²) in [5.74, 6) is -0.264. The maximum absolute atomic E-state index is 13.4. The summed E-state index contributed by atoms with van der Waals surface area (Å²) in [7, 11) is 0. The van der Waals surface area contributed by atoms with E-state index in [-0.39, 0.29) is 17.3 Å². The quantitative estimate of drug-likeness (QED) is 0.893. The number of halogens is 1. The van der Waals surface area contributed by atoms with E-state index in [1.54, 1.807) is 13.0 Å². The fourth-order valence-corrected chi connectivity index (χ4v) is 3.12. The molecule has 0 heterocycles. The fourth-order valence-electron chi connectivity index (χ4n) is 3.12. The van der Waals surface area contributed by atoms with Gasteiger partial charge in [0.05, 0.1) is 5.54 Å². The summed E-state index contributed by atoms with van der Waals surface area (Å²) in [5, 5.41) is 3.07. The van der Waals surface area contributed by atoms with Gasteiger partial charge in [0.25, 0.3) is 5.91 Å². The lowest BCUT2D eigenvalue weighted by atomic mass is 9.73. The van der Waals surface area contributed by atoms with Crippen LogP contribution in [0.25, 0.3) is 0 Å². The molecular formula is C16H23FN2O. The van der Waals surface area contributed by atoms with E-state index < -0.39 is 0 Å². The molecule has 1 aromatic carbocycles. The van der Waals surface area contributed by atoms with Crippen LogP contribution in [0.3, 0.4) is 0 Å². The zero-order valence-electron chi connectivity index (χ0n) is 12.2. The van der Waals surface area contributed by atoms with Gasteiger partial charge in [0.1, 0.15) is 5.82 Å². The number of nitrogens with one attached hydrogen (secondary N) is 1. The van der Waals surface area contributed by atoms with Gasteiger partial charge in [-0.3, -0.25) is 4.79 Å². The van der Waals surface area contributed by atoms with Gasteiger partial charge >= 0.3 is 0 Å². The first-order valence-corrected chi connectivity index (χ1v) is 7.26. The molecule has 0 aliphatic heterocycles. The molecule has 2 rings (SSSR count).